The van der Waals surface area contributed by atoms with Crippen molar-refractivity contribution in [1.29, 1.82) is 0 Å². The maximum absolute atomic E-state index is 13.4. The molecule has 0 bridgehead atoms. The molecule has 5 nitrogen and oxygen atoms in total. The Morgan fingerprint density at radius 3 is 2.75 bits per heavy atom. The van der Waals surface area contributed by atoms with E-state index in [2.05, 4.69) is 4.98 Å². The highest BCUT2D eigenvalue weighted by Gasteiger charge is 2.19. The lowest BCUT2D eigenvalue weighted by Gasteiger charge is -2.26. The van der Waals surface area contributed by atoms with E-state index in [0.717, 1.165) is 5.52 Å². The largest absolute Gasteiger partial charge is 0.378 e. The van der Waals surface area contributed by atoms with Gasteiger partial charge in [0.15, 0.2) is 0 Å². The van der Waals surface area contributed by atoms with Crippen LogP contribution in [0.1, 0.15) is 10.4 Å². The van der Waals surface area contributed by atoms with E-state index in [1.807, 2.05) is 12.1 Å². The first kappa shape index (κ1) is 14.8. The summed E-state index contributed by atoms with van der Waals surface area (Å²) in [5, 5.41) is 0. The summed E-state index contributed by atoms with van der Waals surface area (Å²) in [6, 6.07) is 11.8. The highest BCUT2D eigenvalue weighted by atomic mass is 19.1. The van der Waals surface area contributed by atoms with Crippen LogP contribution in [-0.2, 0) is 4.74 Å². The minimum Gasteiger partial charge on any atom is -0.378 e. The molecule has 24 heavy (non-hydrogen) atoms. The highest BCUT2D eigenvalue weighted by molar-refractivity contribution is 5.97. The van der Waals surface area contributed by atoms with E-state index in [9.17, 15) is 9.18 Å². The molecule has 1 aliphatic rings. The summed E-state index contributed by atoms with van der Waals surface area (Å²) in [6.45, 7) is 2.35. The number of morpholine rings is 1. The van der Waals surface area contributed by atoms with E-state index >= 15 is 0 Å². The van der Waals surface area contributed by atoms with Crippen LogP contribution in [0, 0.1) is 5.82 Å². The number of halogens is 1. The van der Waals surface area contributed by atoms with Gasteiger partial charge >= 0.3 is 0 Å². The maximum atomic E-state index is 13.4. The van der Waals surface area contributed by atoms with Gasteiger partial charge in [0.2, 0.25) is 0 Å². The summed E-state index contributed by atoms with van der Waals surface area (Å²) in [7, 11) is 0. The number of rotatable bonds is 2. The first-order valence-corrected chi connectivity index (χ1v) is 7.82. The molecule has 1 aliphatic heterocycles. The van der Waals surface area contributed by atoms with Gasteiger partial charge in [-0.1, -0.05) is 6.07 Å². The van der Waals surface area contributed by atoms with Gasteiger partial charge in [-0.2, -0.15) is 0 Å². The lowest BCUT2D eigenvalue weighted by molar-refractivity contribution is 0.0303. The Balaban J connectivity index is 1.69. The Morgan fingerprint density at radius 1 is 1.12 bits per heavy atom. The minimum atomic E-state index is -0.298. The summed E-state index contributed by atoms with van der Waals surface area (Å²) in [5.41, 5.74) is 2.84. The van der Waals surface area contributed by atoms with Crippen molar-refractivity contribution < 1.29 is 13.9 Å². The lowest BCUT2D eigenvalue weighted by atomic mass is 10.1. The summed E-state index contributed by atoms with van der Waals surface area (Å²) in [5.74, 6) is -0.311. The molecule has 1 aromatic heterocycles. The van der Waals surface area contributed by atoms with Crippen LogP contribution >= 0.6 is 0 Å². The van der Waals surface area contributed by atoms with Crippen molar-refractivity contribution in [3.63, 3.8) is 0 Å². The van der Waals surface area contributed by atoms with Gasteiger partial charge in [0, 0.05) is 18.7 Å². The standard InChI is InChI=1S/C18H16FN3O2/c19-14-2-1-3-15(11-14)22-12-20-16-10-13(4-5-17(16)22)18(23)21-6-8-24-9-7-21/h1-5,10-12H,6-9H2. The summed E-state index contributed by atoms with van der Waals surface area (Å²) < 4.78 is 20.5. The van der Waals surface area contributed by atoms with E-state index in [1.54, 1.807) is 34.0 Å². The third-order valence-corrected chi connectivity index (χ3v) is 4.18. The second-order valence-corrected chi connectivity index (χ2v) is 5.70. The summed E-state index contributed by atoms with van der Waals surface area (Å²) >= 11 is 0. The predicted octanol–water partition coefficient (Wildman–Crippen LogP) is 2.64. The summed E-state index contributed by atoms with van der Waals surface area (Å²) in [4.78, 5) is 18.7. The lowest BCUT2D eigenvalue weighted by Crippen LogP contribution is -2.40. The van der Waals surface area contributed by atoms with Crippen molar-refractivity contribution in [3.05, 3.63) is 60.2 Å². The van der Waals surface area contributed by atoms with E-state index < -0.39 is 0 Å². The van der Waals surface area contributed by atoms with Crippen molar-refractivity contribution in [1.82, 2.24) is 14.5 Å². The molecule has 0 saturated carbocycles. The molecule has 1 fully saturated rings. The van der Waals surface area contributed by atoms with Crippen molar-refractivity contribution in [2.45, 2.75) is 0 Å². The Labute approximate surface area is 138 Å². The van der Waals surface area contributed by atoms with Gasteiger partial charge in [0.1, 0.15) is 12.1 Å². The SMILES string of the molecule is O=C(c1ccc2c(c1)ncn2-c1cccc(F)c1)N1CCOCC1. The molecule has 1 saturated heterocycles. The molecule has 1 amide bonds. The van der Waals surface area contributed by atoms with Gasteiger partial charge < -0.3 is 9.64 Å². The minimum absolute atomic E-state index is 0.0134. The van der Waals surface area contributed by atoms with Crippen LogP contribution in [0.4, 0.5) is 4.39 Å². The van der Waals surface area contributed by atoms with E-state index in [-0.39, 0.29) is 11.7 Å². The van der Waals surface area contributed by atoms with E-state index in [1.165, 1.54) is 12.1 Å². The van der Waals surface area contributed by atoms with Crippen molar-refractivity contribution >= 4 is 16.9 Å². The number of carbonyl (C=O) groups is 1. The quantitative estimate of drug-likeness (QED) is 0.728. The number of nitrogens with zero attached hydrogens (tertiary/aromatic N) is 3. The van der Waals surface area contributed by atoms with Crippen LogP contribution in [-0.4, -0.2) is 46.7 Å². The number of hydrogen-bond acceptors (Lipinski definition) is 3. The van der Waals surface area contributed by atoms with Gasteiger partial charge in [0.25, 0.3) is 5.91 Å². The number of aromatic nitrogens is 2. The van der Waals surface area contributed by atoms with Crippen LogP contribution in [0.2, 0.25) is 0 Å². The van der Waals surface area contributed by atoms with Crippen molar-refractivity contribution in [3.8, 4) is 5.69 Å². The van der Waals surface area contributed by atoms with E-state index in [0.29, 0.717) is 43.1 Å². The number of carbonyl (C=O) groups excluding carboxylic acids is 1. The number of ether oxygens (including phenoxy) is 1. The summed E-state index contributed by atoms with van der Waals surface area (Å²) in [6.07, 6.45) is 1.64. The van der Waals surface area contributed by atoms with Gasteiger partial charge in [-0.25, -0.2) is 9.37 Å². The topological polar surface area (TPSA) is 47.4 Å². The van der Waals surface area contributed by atoms with Crippen LogP contribution in [0.25, 0.3) is 16.7 Å². The van der Waals surface area contributed by atoms with Crippen molar-refractivity contribution in [2.24, 2.45) is 0 Å². The smallest absolute Gasteiger partial charge is 0.254 e. The zero-order valence-electron chi connectivity index (χ0n) is 13.0. The van der Waals surface area contributed by atoms with Gasteiger partial charge in [-0.05, 0) is 36.4 Å². The molecule has 4 rings (SSSR count). The monoisotopic (exact) mass is 325 g/mol. The Kier molecular flexibility index (Phi) is 3.74. The number of fused-ring (bicyclic) bond motifs is 1. The molecule has 2 aromatic carbocycles. The normalized spacial score (nSPS) is 15.0. The molecule has 0 atom stereocenters. The molecule has 0 radical (unpaired) electrons. The fraction of sp³-hybridized carbons (Fsp3) is 0.222. The number of imidazole rings is 1. The highest BCUT2D eigenvalue weighted by Crippen LogP contribution is 2.21. The molecule has 0 aliphatic carbocycles. The molecular formula is C18H16FN3O2. The zero-order chi connectivity index (χ0) is 16.5. The average molecular weight is 325 g/mol. The number of hydrogen-bond donors (Lipinski definition) is 0. The van der Waals surface area contributed by atoms with Crippen LogP contribution in [0.5, 0.6) is 0 Å². The molecular weight excluding hydrogens is 309 g/mol. The Morgan fingerprint density at radius 2 is 1.96 bits per heavy atom. The van der Waals surface area contributed by atoms with Crippen molar-refractivity contribution in [2.75, 3.05) is 26.3 Å². The third kappa shape index (κ3) is 2.65. The first-order valence-electron chi connectivity index (χ1n) is 7.82. The Hall–Kier alpha value is -2.73. The molecule has 0 spiro atoms. The molecule has 3 aromatic rings. The molecule has 122 valence electrons. The molecule has 0 N–H and O–H groups in total. The fourth-order valence-electron chi connectivity index (χ4n) is 2.93. The van der Waals surface area contributed by atoms with Gasteiger partial charge in [0.05, 0.1) is 29.9 Å². The fourth-order valence-corrected chi connectivity index (χ4v) is 2.93. The van der Waals surface area contributed by atoms with E-state index in [4.69, 9.17) is 4.74 Å². The maximum Gasteiger partial charge on any atom is 0.254 e. The molecule has 0 unspecified atom stereocenters. The second kappa shape index (κ2) is 6.05. The second-order valence-electron chi connectivity index (χ2n) is 5.70. The average Bonchev–Trinajstić information content (AvgIpc) is 3.05. The van der Waals surface area contributed by atoms with Crippen LogP contribution < -0.4 is 0 Å². The number of benzene rings is 2. The number of amides is 1. The predicted molar refractivity (Wildman–Crippen MR) is 87.8 cm³/mol. The van der Waals surface area contributed by atoms with Crippen LogP contribution in [0.15, 0.2) is 48.8 Å². The van der Waals surface area contributed by atoms with Crippen LogP contribution in [0.3, 0.4) is 0 Å². The van der Waals surface area contributed by atoms with Gasteiger partial charge in [-0.15, -0.1) is 0 Å². The molecule has 2 heterocycles. The molecule has 6 heteroatoms. The Bertz CT molecular complexity index is 900. The zero-order valence-corrected chi connectivity index (χ0v) is 13.0. The first-order chi connectivity index (χ1) is 11.7. The third-order valence-electron chi connectivity index (χ3n) is 4.18. The van der Waals surface area contributed by atoms with Gasteiger partial charge in [-0.3, -0.25) is 9.36 Å².